The van der Waals surface area contributed by atoms with E-state index in [1.165, 1.54) is 13.8 Å². The van der Waals surface area contributed by atoms with Crippen molar-refractivity contribution >= 4 is 29.0 Å². The molecule has 0 unspecified atom stereocenters. The van der Waals surface area contributed by atoms with Crippen molar-refractivity contribution in [3.05, 3.63) is 23.8 Å². The largest absolute Gasteiger partial charge is 0.491 e. The molecule has 98 valence electrons. The number of hydrogen-bond acceptors (Lipinski definition) is 3. The molecule has 4 nitrogen and oxygen atoms in total. The Morgan fingerprint density at radius 2 is 2.06 bits per heavy atom. The summed E-state index contributed by atoms with van der Waals surface area (Å²) in [7, 11) is 0. The van der Waals surface area contributed by atoms with Crippen LogP contribution >= 0.6 is 11.6 Å². The predicted octanol–water partition coefficient (Wildman–Crippen LogP) is 2.86. The highest BCUT2D eigenvalue weighted by Gasteiger charge is 2.09. The van der Waals surface area contributed by atoms with Crippen LogP contribution in [-0.2, 0) is 4.79 Å². The third kappa shape index (κ3) is 4.37. The van der Waals surface area contributed by atoms with E-state index in [-0.39, 0.29) is 11.7 Å². The van der Waals surface area contributed by atoms with Crippen LogP contribution in [0.5, 0.6) is 5.75 Å². The summed E-state index contributed by atoms with van der Waals surface area (Å²) >= 11 is 5.56. The van der Waals surface area contributed by atoms with E-state index in [0.717, 1.165) is 6.42 Å². The van der Waals surface area contributed by atoms with Crippen molar-refractivity contribution < 1.29 is 14.3 Å². The highest BCUT2D eigenvalue weighted by Crippen LogP contribution is 2.26. The maximum absolute atomic E-state index is 11.3. The summed E-state index contributed by atoms with van der Waals surface area (Å²) in [6.07, 6.45) is 0.718. The molecule has 18 heavy (non-hydrogen) atoms. The molecule has 0 aliphatic carbocycles. The first-order chi connectivity index (χ1) is 8.54. The molecule has 0 saturated carbocycles. The normalized spacial score (nSPS) is 9.94. The van der Waals surface area contributed by atoms with E-state index in [0.29, 0.717) is 29.5 Å². The van der Waals surface area contributed by atoms with Gasteiger partial charge in [-0.05, 0) is 31.5 Å². The standard InChI is InChI=1S/C13H16ClNO3/c1-9(16)11-4-5-13(18-7-3-6-14)12(8-11)15-10(2)17/h4-5,8H,3,6-7H2,1-2H3,(H,15,17). The van der Waals surface area contributed by atoms with Crippen LogP contribution in [0.1, 0.15) is 30.6 Å². The maximum Gasteiger partial charge on any atom is 0.221 e. The number of benzene rings is 1. The number of Topliss-reactive ketones (excluding diaryl/α,β-unsaturated/α-hetero) is 1. The first-order valence-corrected chi connectivity index (χ1v) is 6.19. The Balaban J connectivity index is 2.93. The Bertz CT molecular complexity index is 446. The van der Waals surface area contributed by atoms with Crippen LogP contribution in [0.3, 0.4) is 0 Å². The number of carbonyl (C=O) groups excluding carboxylic acids is 2. The molecule has 0 bridgehead atoms. The number of alkyl halides is 1. The molecule has 1 N–H and O–H groups in total. The quantitative estimate of drug-likeness (QED) is 0.491. The smallest absolute Gasteiger partial charge is 0.221 e. The summed E-state index contributed by atoms with van der Waals surface area (Å²) in [4.78, 5) is 22.4. The van der Waals surface area contributed by atoms with Gasteiger partial charge in [-0.15, -0.1) is 11.6 Å². The van der Waals surface area contributed by atoms with E-state index in [9.17, 15) is 9.59 Å². The van der Waals surface area contributed by atoms with Crippen molar-refractivity contribution in [3.63, 3.8) is 0 Å². The van der Waals surface area contributed by atoms with Crippen molar-refractivity contribution in [2.24, 2.45) is 0 Å². The zero-order valence-corrected chi connectivity index (χ0v) is 11.2. The molecule has 1 amide bonds. The molecule has 0 radical (unpaired) electrons. The van der Waals surface area contributed by atoms with Gasteiger partial charge in [0.2, 0.25) is 5.91 Å². The average Bonchev–Trinajstić information content (AvgIpc) is 2.30. The van der Waals surface area contributed by atoms with Gasteiger partial charge in [0.25, 0.3) is 0 Å². The van der Waals surface area contributed by atoms with Crippen LogP contribution in [0.15, 0.2) is 18.2 Å². The SMILES string of the molecule is CC(=O)Nc1cc(C(C)=O)ccc1OCCCCl. The van der Waals surface area contributed by atoms with Crippen LogP contribution in [0.2, 0.25) is 0 Å². The molecule has 1 aromatic carbocycles. The number of hydrogen-bond donors (Lipinski definition) is 1. The van der Waals surface area contributed by atoms with E-state index in [2.05, 4.69) is 5.32 Å². The van der Waals surface area contributed by atoms with E-state index in [4.69, 9.17) is 16.3 Å². The number of ketones is 1. The van der Waals surface area contributed by atoms with Crippen LogP contribution in [0.25, 0.3) is 0 Å². The predicted molar refractivity (Wildman–Crippen MR) is 71.6 cm³/mol. The summed E-state index contributed by atoms with van der Waals surface area (Å²) in [6, 6.07) is 4.96. The van der Waals surface area contributed by atoms with Gasteiger partial charge in [0.15, 0.2) is 5.78 Å². The number of ether oxygens (including phenoxy) is 1. The molecule has 0 heterocycles. The van der Waals surface area contributed by atoms with Gasteiger partial charge in [-0.25, -0.2) is 0 Å². The summed E-state index contributed by atoms with van der Waals surface area (Å²) in [6.45, 7) is 3.35. The summed E-state index contributed by atoms with van der Waals surface area (Å²) in [5, 5.41) is 2.65. The summed E-state index contributed by atoms with van der Waals surface area (Å²) < 4.78 is 5.50. The lowest BCUT2D eigenvalue weighted by atomic mass is 10.1. The monoisotopic (exact) mass is 269 g/mol. The Morgan fingerprint density at radius 3 is 2.61 bits per heavy atom. The molecule has 1 aromatic rings. The van der Waals surface area contributed by atoms with Crippen LogP contribution in [0, 0.1) is 0 Å². The number of nitrogens with one attached hydrogen (secondary N) is 1. The van der Waals surface area contributed by atoms with Gasteiger partial charge < -0.3 is 10.1 Å². The minimum absolute atomic E-state index is 0.0612. The molecule has 5 heteroatoms. The van der Waals surface area contributed by atoms with Crippen molar-refractivity contribution in [1.29, 1.82) is 0 Å². The molecular formula is C13H16ClNO3. The second-order valence-electron chi connectivity index (χ2n) is 3.84. The van der Waals surface area contributed by atoms with Gasteiger partial charge >= 0.3 is 0 Å². The lowest BCUT2D eigenvalue weighted by Gasteiger charge is -2.12. The first-order valence-electron chi connectivity index (χ1n) is 5.66. The molecule has 0 fully saturated rings. The van der Waals surface area contributed by atoms with Gasteiger partial charge in [-0.3, -0.25) is 9.59 Å². The maximum atomic E-state index is 11.3. The second kappa shape index (κ2) is 7.01. The lowest BCUT2D eigenvalue weighted by molar-refractivity contribution is -0.114. The highest BCUT2D eigenvalue weighted by atomic mass is 35.5. The highest BCUT2D eigenvalue weighted by molar-refractivity contribution is 6.17. The van der Waals surface area contributed by atoms with Crippen LogP contribution in [0.4, 0.5) is 5.69 Å². The lowest BCUT2D eigenvalue weighted by Crippen LogP contribution is -2.09. The molecule has 0 atom stereocenters. The Hall–Kier alpha value is -1.55. The van der Waals surface area contributed by atoms with Crippen LogP contribution < -0.4 is 10.1 Å². The fourth-order valence-electron chi connectivity index (χ4n) is 1.40. The molecule has 0 aliphatic heterocycles. The Labute approximate surface area is 111 Å². The van der Waals surface area contributed by atoms with Gasteiger partial charge in [-0.1, -0.05) is 0 Å². The second-order valence-corrected chi connectivity index (χ2v) is 4.22. The van der Waals surface area contributed by atoms with E-state index in [1.54, 1.807) is 18.2 Å². The van der Waals surface area contributed by atoms with E-state index in [1.807, 2.05) is 0 Å². The minimum atomic E-state index is -0.210. The van der Waals surface area contributed by atoms with Crippen molar-refractivity contribution in [2.75, 3.05) is 17.8 Å². The molecular weight excluding hydrogens is 254 g/mol. The summed E-state index contributed by atoms with van der Waals surface area (Å²) in [5.41, 5.74) is 1.04. The third-order valence-corrected chi connectivity index (χ3v) is 2.50. The van der Waals surface area contributed by atoms with E-state index < -0.39 is 0 Å². The fraction of sp³-hybridized carbons (Fsp3) is 0.385. The number of halogens is 1. The average molecular weight is 270 g/mol. The van der Waals surface area contributed by atoms with Crippen molar-refractivity contribution in [3.8, 4) is 5.75 Å². The van der Waals surface area contributed by atoms with Gasteiger partial charge in [0.05, 0.1) is 12.3 Å². The first kappa shape index (κ1) is 14.5. The van der Waals surface area contributed by atoms with Crippen LogP contribution in [-0.4, -0.2) is 24.2 Å². The number of amides is 1. The zero-order chi connectivity index (χ0) is 13.5. The van der Waals surface area contributed by atoms with Crippen molar-refractivity contribution in [2.45, 2.75) is 20.3 Å². The van der Waals surface area contributed by atoms with Crippen molar-refractivity contribution in [1.82, 2.24) is 0 Å². The van der Waals surface area contributed by atoms with Gasteiger partial charge in [-0.2, -0.15) is 0 Å². The summed E-state index contributed by atoms with van der Waals surface area (Å²) in [5.74, 6) is 0.785. The molecule has 0 spiro atoms. The third-order valence-electron chi connectivity index (χ3n) is 2.23. The van der Waals surface area contributed by atoms with Gasteiger partial charge in [0.1, 0.15) is 5.75 Å². The Morgan fingerprint density at radius 1 is 1.33 bits per heavy atom. The fourth-order valence-corrected chi connectivity index (χ4v) is 1.51. The molecule has 0 aliphatic rings. The van der Waals surface area contributed by atoms with Gasteiger partial charge in [0, 0.05) is 18.4 Å². The molecule has 1 rings (SSSR count). The zero-order valence-electron chi connectivity index (χ0n) is 10.5. The number of carbonyl (C=O) groups is 2. The minimum Gasteiger partial charge on any atom is -0.491 e. The topological polar surface area (TPSA) is 55.4 Å². The molecule has 0 aromatic heterocycles. The van der Waals surface area contributed by atoms with E-state index >= 15 is 0 Å². The number of rotatable bonds is 6. The Kier molecular flexibility index (Phi) is 5.65. The molecule has 0 saturated heterocycles. The number of anilines is 1.